The van der Waals surface area contributed by atoms with Crippen LogP contribution in [0, 0.1) is 0 Å². The van der Waals surface area contributed by atoms with E-state index >= 15 is 0 Å². The molecule has 0 radical (unpaired) electrons. The first-order chi connectivity index (χ1) is 15.9. The first kappa shape index (κ1) is 23.2. The van der Waals surface area contributed by atoms with E-state index in [1.807, 2.05) is 36.4 Å². The van der Waals surface area contributed by atoms with Crippen molar-refractivity contribution < 1.29 is 17.9 Å². The Balaban J connectivity index is 1.29. The summed E-state index contributed by atoms with van der Waals surface area (Å²) in [4.78, 5) is 18.8. The van der Waals surface area contributed by atoms with Crippen molar-refractivity contribution in [3.63, 3.8) is 0 Å². The Bertz CT molecular complexity index is 1040. The normalized spacial score (nSPS) is 17.1. The molecule has 1 amide bonds. The number of hydrogen-bond donors (Lipinski definition) is 1. The highest BCUT2D eigenvalue weighted by molar-refractivity contribution is 7.93. The lowest BCUT2D eigenvalue weighted by molar-refractivity contribution is -0.128. The highest BCUT2D eigenvalue weighted by Gasteiger charge is 2.26. The number of methoxy groups -OCH3 is 1. The summed E-state index contributed by atoms with van der Waals surface area (Å²) >= 11 is 0. The summed E-state index contributed by atoms with van der Waals surface area (Å²) in [6.45, 7) is 4.32. The molecule has 4 rings (SSSR count). The van der Waals surface area contributed by atoms with Gasteiger partial charge in [-0.05, 0) is 55.7 Å². The van der Waals surface area contributed by atoms with Gasteiger partial charge in [0, 0.05) is 62.4 Å². The maximum Gasteiger partial charge on any atom is 0.241 e. The van der Waals surface area contributed by atoms with Crippen molar-refractivity contribution in [2.24, 2.45) is 0 Å². The van der Waals surface area contributed by atoms with Gasteiger partial charge < -0.3 is 19.4 Å². The van der Waals surface area contributed by atoms with Gasteiger partial charge in [-0.15, -0.1) is 0 Å². The number of nitrogens with zero attached hydrogens (tertiary/aromatic N) is 3. The van der Waals surface area contributed by atoms with Crippen molar-refractivity contribution in [1.82, 2.24) is 4.90 Å². The van der Waals surface area contributed by atoms with Crippen LogP contribution in [0.25, 0.3) is 0 Å². The Labute approximate surface area is 196 Å². The largest absolute Gasteiger partial charge is 0.497 e. The van der Waals surface area contributed by atoms with Crippen LogP contribution >= 0.6 is 0 Å². The van der Waals surface area contributed by atoms with Crippen LogP contribution in [-0.2, 0) is 14.8 Å². The van der Waals surface area contributed by atoms with Crippen LogP contribution in [0.3, 0.4) is 0 Å². The third-order valence-corrected chi connectivity index (χ3v) is 7.40. The molecule has 2 aliphatic rings. The second kappa shape index (κ2) is 10.3. The molecule has 2 heterocycles. The van der Waals surface area contributed by atoms with Crippen molar-refractivity contribution in [1.29, 1.82) is 0 Å². The van der Waals surface area contributed by atoms with E-state index in [1.54, 1.807) is 24.1 Å². The summed E-state index contributed by atoms with van der Waals surface area (Å²) in [7, 11) is -2.15. The monoisotopic (exact) mass is 472 g/mol. The van der Waals surface area contributed by atoms with Gasteiger partial charge in [0.1, 0.15) is 11.5 Å². The maximum atomic E-state index is 12.7. The highest BCUT2D eigenvalue weighted by Crippen LogP contribution is 2.23. The number of hydrogen-bond acceptors (Lipinski definition) is 6. The molecule has 0 atom stereocenters. The van der Waals surface area contributed by atoms with Crippen molar-refractivity contribution in [3.05, 3.63) is 48.5 Å². The number of rotatable bonds is 7. The van der Waals surface area contributed by atoms with Crippen LogP contribution in [0.5, 0.6) is 5.75 Å². The van der Waals surface area contributed by atoms with Crippen molar-refractivity contribution in [2.75, 3.05) is 66.7 Å². The molecule has 2 fully saturated rings. The van der Waals surface area contributed by atoms with E-state index in [9.17, 15) is 13.2 Å². The highest BCUT2D eigenvalue weighted by atomic mass is 32.2. The smallest absolute Gasteiger partial charge is 0.241 e. The fourth-order valence-electron chi connectivity index (χ4n) is 4.38. The van der Waals surface area contributed by atoms with E-state index in [0.29, 0.717) is 31.9 Å². The van der Waals surface area contributed by atoms with E-state index in [1.165, 1.54) is 19.3 Å². The van der Waals surface area contributed by atoms with E-state index in [-0.39, 0.29) is 5.91 Å². The number of sulfonamides is 1. The quantitative estimate of drug-likeness (QED) is 0.667. The molecule has 2 aromatic rings. The lowest BCUT2D eigenvalue weighted by atomic mass is 10.1. The third kappa shape index (κ3) is 6.10. The maximum absolute atomic E-state index is 12.7. The lowest BCUT2D eigenvalue weighted by Gasteiger charge is -2.36. The van der Waals surface area contributed by atoms with Crippen LogP contribution in [0.1, 0.15) is 19.3 Å². The molecule has 0 saturated carbocycles. The van der Waals surface area contributed by atoms with Crippen LogP contribution in [0.15, 0.2) is 48.5 Å². The van der Waals surface area contributed by atoms with E-state index < -0.39 is 15.8 Å². The van der Waals surface area contributed by atoms with Crippen LogP contribution < -0.4 is 19.3 Å². The SMILES string of the molecule is COc1cccc(N2CCN(C(=O)CS(=O)(=O)Nc3ccc(N4CCCCC4)cc3)CC2)c1. The Hall–Kier alpha value is -2.94. The molecule has 2 aromatic carbocycles. The summed E-state index contributed by atoms with van der Waals surface area (Å²) in [5.74, 6) is -0.148. The minimum Gasteiger partial charge on any atom is -0.497 e. The number of benzene rings is 2. The fraction of sp³-hybridized carbons (Fsp3) is 0.458. The average molecular weight is 473 g/mol. The standard InChI is InChI=1S/C24H32N4O4S/c1-32-23-7-5-6-22(18-23)27-14-16-28(17-15-27)24(29)19-33(30,31)25-20-8-10-21(11-9-20)26-12-3-2-4-13-26/h5-11,18,25H,2-4,12-17,19H2,1H3. The number of amides is 1. The van der Waals surface area contributed by atoms with Gasteiger partial charge in [-0.3, -0.25) is 9.52 Å². The fourth-order valence-corrected chi connectivity index (χ4v) is 5.46. The topological polar surface area (TPSA) is 82.2 Å². The number of ether oxygens (including phenoxy) is 1. The Morgan fingerprint density at radius 1 is 0.879 bits per heavy atom. The first-order valence-corrected chi connectivity index (χ1v) is 13.1. The molecule has 33 heavy (non-hydrogen) atoms. The van der Waals surface area contributed by atoms with Gasteiger partial charge in [0.2, 0.25) is 15.9 Å². The predicted octanol–water partition coefficient (Wildman–Crippen LogP) is 2.78. The van der Waals surface area contributed by atoms with Gasteiger partial charge in [-0.2, -0.15) is 0 Å². The number of nitrogens with one attached hydrogen (secondary N) is 1. The Kier molecular flexibility index (Phi) is 7.27. The molecular weight excluding hydrogens is 440 g/mol. The number of anilines is 3. The summed E-state index contributed by atoms with van der Waals surface area (Å²) in [6, 6.07) is 15.2. The van der Waals surface area contributed by atoms with Crippen LogP contribution in [0.2, 0.25) is 0 Å². The molecule has 0 aromatic heterocycles. The third-order valence-electron chi connectivity index (χ3n) is 6.23. The molecule has 9 heteroatoms. The number of carbonyl (C=O) groups excluding carboxylic acids is 1. The molecular formula is C24H32N4O4S. The van der Waals surface area contributed by atoms with Gasteiger partial charge in [0.25, 0.3) is 0 Å². The minimum atomic E-state index is -3.78. The number of piperazine rings is 1. The average Bonchev–Trinajstić information content (AvgIpc) is 2.84. The molecule has 2 aliphatic heterocycles. The molecule has 0 unspecified atom stereocenters. The molecule has 0 aliphatic carbocycles. The summed E-state index contributed by atoms with van der Waals surface area (Å²) in [5, 5.41) is 0. The number of piperidine rings is 1. The van der Waals surface area contributed by atoms with E-state index in [0.717, 1.165) is 30.2 Å². The van der Waals surface area contributed by atoms with Gasteiger partial charge in [0.05, 0.1) is 7.11 Å². The molecule has 0 spiro atoms. The zero-order valence-corrected chi connectivity index (χ0v) is 19.9. The second-order valence-corrected chi connectivity index (χ2v) is 10.2. The minimum absolute atomic E-state index is 0.377. The van der Waals surface area contributed by atoms with Crippen molar-refractivity contribution in [3.8, 4) is 5.75 Å². The molecule has 2 saturated heterocycles. The molecule has 8 nitrogen and oxygen atoms in total. The zero-order chi connectivity index (χ0) is 23.3. The Morgan fingerprint density at radius 3 is 2.21 bits per heavy atom. The van der Waals surface area contributed by atoms with Gasteiger partial charge in [-0.1, -0.05) is 6.07 Å². The lowest BCUT2D eigenvalue weighted by Crippen LogP contribution is -2.50. The molecule has 0 bridgehead atoms. The summed E-state index contributed by atoms with van der Waals surface area (Å²) in [5.41, 5.74) is 2.61. The number of carbonyl (C=O) groups is 1. The second-order valence-electron chi connectivity index (χ2n) is 8.53. The van der Waals surface area contributed by atoms with Gasteiger partial charge >= 0.3 is 0 Å². The van der Waals surface area contributed by atoms with Crippen LogP contribution in [0.4, 0.5) is 17.1 Å². The molecule has 178 valence electrons. The van der Waals surface area contributed by atoms with Crippen molar-refractivity contribution >= 4 is 33.0 Å². The van der Waals surface area contributed by atoms with E-state index in [2.05, 4.69) is 14.5 Å². The predicted molar refractivity (Wildman–Crippen MR) is 132 cm³/mol. The van der Waals surface area contributed by atoms with Gasteiger partial charge in [0.15, 0.2) is 0 Å². The van der Waals surface area contributed by atoms with Gasteiger partial charge in [-0.25, -0.2) is 8.42 Å². The summed E-state index contributed by atoms with van der Waals surface area (Å²) in [6.07, 6.45) is 3.63. The van der Waals surface area contributed by atoms with Crippen LogP contribution in [-0.4, -0.2) is 71.4 Å². The zero-order valence-electron chi connectivity index (χ0n) is 19.1. The van der Waals surface area contributed by atoms with E-state index in [4.69, 9.17) is 4.74 Å². The molecule has 1 N–H and O–H groups in total. The summed E-state index contributed by atoms with van der Waals surface area (Å²) < 4.78 is 33.0. The van der Waals surface area contributed by atoms with Crippen molar-refractivity contribution in [2.45, 2.75) is 19.3 Å². The Morgan fingerprint density at radius 2 is 1.55 bits per heavy atom. The first-order valence-electron chi connectivity index (χ1n) is 11.5.